The van der Waals surface area contributed by atoms with Gasteiger partial charge in [0.15, 0.2) is 0 Å². The zero-order chi connectivity index (χ0) is 9.59. The van der Waals surface area contributed by atoms with Gasteiger partial charge in [-0.25, -0.2) is 0 Å². The van der Waals surface area contributed by atoms with Crippen LogP contribution in [-0.2, 0) is 0 Å². The Morgan fingerprint density at radius 3 is 2.85 bits per heavy atom. The smallest absolute Gasteiger partial charge is 0.124 e. The lowest BCUT2D eigenvalue weighted by Gasteiger charge is -2.07. The molecule has 1 aliphatic rings. The summed E-state index contributed by atoms with van der Waals surface area (Å²) in [6, 6.07) is 3.56. The van der Waals surface area contributed by atoms with Crippen LogP contribution in [-0.4, -0.2) is 9.97 Å². The topological polar surface area (TPSA) is 20.2 Å². The monoisotopic (exact) mass is 256 g/mol. The fraction of sp³-hybridized carbons (Fsp3) is 0.300. The van der Waals surface area contributed by atoms with Crippen molar-refractivity contribution in [2.45, 2.75) is 19.3 Å². The van der Waals surface area contributed by atoms with E-state index in [0.717, 1.165) is 26.9 Å². The van der Waals surface area contributed by atoms with E-state index in [4.69, 9.17) is 12.2 Å². The molecule has 1 N–H and O–H groups in total. The number of aromatic hydroxyl groups is 1. The summed E-state index contributed by atoms with van der Waals surface area (Å²) in [7, 11) is 0. The van der Waals surface area contributed by atoms with Crippen molar-refractivity contribution in [2.24, 2.45) is 0 Å². The normalized spacial score (nSPS) is 20.5. The summed E-state index contributed by atoms with van der Waals surface area (Å²) in [5.41, 5.74) is 2.03. The van der Waals surface area contributed by atoms with Crippen molar-refractivity contribution >= 4 is 33.0 Å². The van der Waals surface area contributed by atoms with E-state index in [2.05, 4.69) is 22.9 Å². The third kappa shape index (κ3) is 1.30. The minimum absolute atomic E-state index is 0.313. The third-order valence-corrected chi connectivity index (χ3v) is 3.50. The molecule has 13 heavy (non-hydrogen) atoms. The molecule has 0 heterocycles. The number of thiocarbonyl (C=S) groups is 1. The van der Waals surface area contributed by atoms with E-state index < -0.39 is 0 Å². The van der Waals surface area contributed by atoms with Crippen molar-refractivity contribution < 1.29 is 5.11 Å². The van der Waals surface area contributed by atoms with Gasteiger partial charge in [0, 0.05) is 14.9 Å². The predicted molar refractivity (Wildman–Crippen MR) is 60.5 cm³/mol. The quantitative estimate of drug-likeness (QED) is 0.719. The first-order valence-electron chi connectivity index (χ1n) is 4.16. The van der Waals surface area contributed by atoms with E-state index in [0.29, 0.717) is 11.7 Å². The minimum atomic E-state index is 0.313. The molecule has 1 aromatic carbocycles. The number of hydrogen-bond donors (Lipinski definition) is 1. The Morgan fingerprint density at radius 1 is 1.54 bits per heavy atom. The molecule has 0 bridgehead atoms. The van der Waals surface area contributed by atoms with Crippen LogP contribution in [0.2, 0.25) is 0 Å². The molecule has 0 fully saturated rings. The molecular formula is C10H9BrOS. The molecule has 68 valence electrons. The average Bonchev–Trinajstić information content (AvgIpc) is 2.36. The fourth-order valence-corrected chi connectivity index (χ4v) is 3.03. The lowest BCUT2D eigenvalue weighted by atomic mass is 10.0. The zero-order valence-corrected chi connectivity index (χ0v) is 9.58. The molecule has 0 aliphatic heterocycles. The first-order valence-corrected chi connectivity index (χ1v) is 5.36. The van der Waals surface area contributed by atoms with Gasteiger partial charge in [0.2, 0.25) is 0 Å². The third-order valence-electron chi connectivity index (χ3n) is 2.43. The van der Waals surface area contributed by atoms with Gasteiger partial charge in [-0.05, 0) is 30.0 Å². The maximum atomic E-state index is 9.64. The van der Waals surface area contributed by atoms with Gasteiger partial charge in [-0.15, -0.1) is 0 Å². The van der Waals surface area contributed by atoms with Gasteiger partial charge in [0.1, 0.15) is 5.75 Å². The van der Waals surface area contributed by atoms with Crippen molar-refractivity contribution in [1.82, 2.24) is 0 Å². The Labute approximate surface area is 90.9 Å². The Balaban J connectivity index is 2.74. The molecule has 3 heteroatoms. The molecule has 0 spiro atoms. The zero-order valence-electron chi connectivity index (χ0n) is 7.17. The number of phenols is 1. The molecule has 2 rings (SSSR count). The molecule has 0 amide bonds. The first-order chi connectivity index (χ1) is 6.11. The molecular weight excluding hydrogens is 248 g/mol. The highest BCUT2D eigenvalue weighted by molar-refractivity contribution is 9.10. The summed E-state index contributed by atoms with van der Waals surface area (Å²) in [5.74, 6) is 0.733. The summed E-state index contributed by atoms with van der Waals surface area (Å²) in [6.07, 6.45) is 0.876. The van der Waals surface area contributed by atoms with Gasteiger partial charge in [0.05, 0.1) is 0 Å². The Hall–Kier alpha value is -0.410. The van der Waals surface area contributed by atoms with Crippen molar-refractivity contribution in [3.8, 4) is 5.75 Å². The standard InChI is InChI=1S/C10H9BrOS/c1-5-4-8(13)10-7(12)3-2-6(11)9(5)10/h2-3,5,12H,4H2,1H3. The van der Waals surface area contributed by atoms with Crippen molar-refractivity contribution in [1.29, 1.82) is 0 Å². The molecule has 1 unspecified atom stereocenters. The van der Waals surface area contributed by atoms with Crippen LogP contribution in [0.25, 0.3) is 0 Å². The number of rotatable bonds is 0. The lowest BCUT2D eigenvalue weighted by Crippen LogP contribution is -1.90. The van der Waals surface area contributed by atoms with Crippen molar-refractivity contribution in [3.63, 3.8) is 0 Å². The Kier molecular flexibility index (Phi) is 2.16. The Morgan fingerprint density at radius 2 is 2.23 bits per heavy atom. The minimum Gasteiger partial charge on any atom is -0.507 e. The van der Waals surface area contributed by atoms with Crippen LogP contribution in [0, 0.1) is 0 Å². The van der Waals surface area contributed by atoms with E-state index in [1.807, 2.05) is 6.07 Å². The summed E-state index contributed by atoms with van der Waals surface area (Å²) < 4.78 is 1.05. The van der Waals surface area contributed by atoms with Crippen LogP contribution < -0.4 is 0 Å². The molecule has 0 aromatic heterocycles. The van der Waals surface area contributed by atoms with E-state index in [9.17, 15) is 5.11 Å². The fourth-order valence-electron chi connectivity index (χ4n) is 1.84. The largest absolute Gasteiger partial charge is 0.507 e. The van der Waals surface area contributed by atoms with Gasteiger partial charge in [-0.1, -0.05) is 35.1 Å². The summed E-state index contributed by atoms with van der Waals surface area (Å²) >= 11 is 8.70. The van der Waals surface area contributed by atoms with Crippen molar-refractivity contribution in [3.05, 3.63) is 27.7 Å². The second kappa shape index (κ2) is 3.07. The molecule has 1 atom stereocenters. The second-order valence-corrected chi connectivity index (χ2v) is 4.73. The Bertz CT molecular complexity index is 387. The van der Waals surface area contributed by atoms with Crippen LogP contribution >= 0.6 is 28.1 Å². The van der Waals surface area contributed by atoms with E-state index in [-0.39, 0.29) is 0 Å². The maximum Gasteiger partial charge on any atom is 0.124 e. The van der Waals surface area contributed by atoms with E-state index in [1.165, 1.54) is 0 Å². The van der Waals surface area contributed by atoms with Crippen LogP contribution in [0.4, 0.5) is 0 Å². The second-order valence-electron chi connectivity index (χ2n) is 3.38. The van der Waals surface area contributed by atoms with E-state index >= 15 is 0 Å². The number of fused-ring (bicyclic) bond motifs is 1. The van der Waals surface area contributed by atoms with Crippen LogP contribution in [0.1, 0.15) is 30.4 Å². The predicted octanol–water partition coefficient (Wildman–Crippen LogP) is 3.38. The van der Waals surface area contributed by atoms with Crippen LogP contribution in [0.5, 0.6) is 5.75 Å². The number of phenolic OH excluding ortho intramolecular Hbond substituents is 1. The molecule has 0 saturated carbocycles. The maximum absolute atomic E-state index is 9.64. The number of halogens is 1. The molecule has 1 aromatic rings. The number of benzene rings is 1. The van der Waals surface area contributed by atoms with Gasteiger partial charge < -0.3 is 5.11 Å². The average molecular weight is 257 g/mol. The highest BCUT2D eigenvalue weighted by Gasteiger charge is 2.27. The highest BCUT2D eigenvalue weighted by Crippen LogP contribution is 2.42. The molecule has 0 radical (unpaired) electrons. The highest BCUT2D eigenvalue weighted by atomic mass is 79.9. The lowest BCUT2D eigenvalue weighted by molar-refractivity contribution is 0.474. The molecule has 0 saturated heterocycles. The van der Waals surface area contributed by atoms with Gasteiger partial charge in [0.25, 0.3) is 0 Å². The van der Waals surface area contributed by atoms with Crippen LogP contribution in [0.3, 0.4) is 0 Å². The van der Waals surface area contributed by atoms with Crippen molar-refractivity contribution in [2.75, 3.05) is 0 Å². The SMILES string of the molecule is CC1CC(=S)c2c(O)ccc(Br)c21. The first kappa shape index (κ1) is 9.16. The summed E-state index contributed by atoms with van der Waals surface area (Å²) in [4.78, 5) is 0.876. The van der Waals surface area contributed by atoms with Gasteiger partial charge in [-0.2, -0.15) is 0 Å². The van der Waals surface area contributed by atoms with Gasteiger partial charge >= 0.3 is 0 Å². The summed E-state index contributed by atoms with van der Waals surface area (Å²) in [6.45, 7) is 2.13. The van der Waals surface area contributed by atoms with Gasteiger partial charge in [-0.3, -0.25) is 0 Å². The van der Waals surface area contributed by atoms with Crippen LogP contribution in [0.15, 0.2) is 16.6 Å². The van der Waals surface area contributed by atoms with E-state index in [1.54, 1.807) is 6.07 Å². The molecule has 1 aliphatic carbocycles. The number of hydrogen-bond acceptors (Lipinski definition) is 2. The molecule has 1 nitrogen and oxygen atoms in total. The summed E-state index contributed by atoms with van der Waals surface area (Å²) in [5, 5.41) is 9.64.